The zero-order valence-electron chi connectivity index (χ0n) is 15.8. The fraction of sp³-hybridized carbons (Fsp3) is 0.333. The van der Waals surface area contributed by atoms with Crippen LogP contribution in [0.5, 0.6) is 5.75 Å². The molecule has 0 aliphatic carbocycles. The Balaban J connectivity index is 1.65. The molecule has 0 bridgehead atoms. The van der Waals surface area contributed by atoms with Crippen molar-refractivity contribution in [1.29, 1.82) is 0 Å². The molecule has 156 valence electrons. The molecule has 2 aromatic rings. The maximum Gasteiger partial charge on any atom is 0.573 e. The number of nitrogens with two attached hydrogens (primary N) is 1. The van der Waals surface area contributed by atoms with Crippen LogP contribution in [0.2, 0.25) is 0 Å². The van der Waals surface area contributed by atoms with Gasteiger partial charge in [-0.05, 0) is 37.1 Å². The highest BCUT2D eigenvalue weighted by Crippen LogP contribution is 2.24. The molecular formula is C21H23F3N2O3. The van der Waals surface area contributed by atoms with Crippen LogP contribution in [-0.4, -0.2) is 18.1 Å². The average Bonchev–Trinajstić information content (AvgIpc) is 2.65. The number of hydrogen-bond acceptors (Lipinski definition) is 4. The van der Waals surface area contributed by atoms with Gasteiger partial charge in [0.15, 0.2) is 5.78 Å². The van der Waals surface area contributed by atoms with E-state index in [1.165, 1.54) is 12.1 Å². The molecule has 2 rings (SSSR count). The minimum absolute atomic E-state index is 0.125. The van der Waals surface area contributed by atoms with Crippen LogP contribution in [0, 0.1) is 0 Å². The van der Waals surface area contributed by atoms with E-state index in [1.807, 2.05) is 0 Å². The number of hydrogen-bond donors (Lipinski definition) is 2. The summed E-state index contributed by atoms with van der Waals surface area (Å²) >= 11 is 0. The van der Waals surface area contributed by atoms with Gasteiger partial charge >= 0.3 is 6.36 Å². The van der Waals surface area contributed by atoms with Crippen molar-refractivity contribution in [1.82, 2.24) is 0 Å². The van der Waals surface area contributed by atoms with E-state index in [0.29, 0.717) is 30.6 Å². The molecule has 29 heavy (non-hydrogen) atoms. The van der Waals surface area contributed by atoms with Crippen molar-refractivity contribution in [2.45, 2.75) is 44.9 Å². The van der Waals surface area contributed by atoms with Gasteiger partial charge in [0.25, 0.3) is 0 Å². The van der Waals surface area contributed by atoms with Crippen LogP contribution in [0.15, 0.2) is 48.5 Å². The standard InChI is InChI=1S/C21H23F3N2O3/c22-21(23,24)29-16-9-7-8-15(14-16)19(27)12-3-1-2-4-13-20(28)26-18-11-6-5-10-17(18)25/h5-11,14H,1-4,12-13,25H2,(H,26,28). The van der Waals surface area contributed by atoms with Gasteiger partial charge in [-0.15, -0.1) is 13.2 Å². The van der Waals surface area contributed by atoms with E-state index in [9.17, 15) is 22.8 Å². The molecule has 0 heterocycles. The van der Waals surface area contributed by atoms with Gasteiger partial charge in [0, 0.05) is 18.4 Å². The number of Topliss-reactive ketones (excluding diaryl/α,β-unsaturated/α-hetero) is 1. The number of nitrogen functional groups attached to an aromatic ring is 1. The molecule has 2 aromatic carbocycles. The topological polar surface area (TPSA) is 81.4 Å². The van der Waals surface area contributed by atoms with Gasteiger partial charge in [-0.3, -0.25) is 9.59 Å². The lowest BCUT2D eigenvalue weighted by Gasteiger charge is -2.09. The van der Waals surface area contributed by atoms with Crippen LogP contribution in [0.3, 0.4) is 0 Å². The molecule has 3 N–H and O–H groups in total. The summed E-state index contributed by atoms with van der Waals surface area (Å²) in [5.41, 5.74) is 7.04. The van der Waals surface area contributed by atoms with Crippen molar-refractivity contribution in [2.75, 3.05) is 11.1 Å². The van der Waals surface area contributed by atoms with E-state index in [1.54, 1.807) is 24.3 Å². The lowest BCUT2D eigenvalue weighted by atomic mass is 10.0. The van der Waals surface area contributed by atoms with Crippen molar-refractivity contribution >= 4 is 23.1 Å². The van der Waals surface area contributed by atoms with Gasteiger partial charge in [-0.25, -0.2) is 0 Å². The molecule has 0 atom stereocenters. The number of ketones is 1. The second-order valence-corrected chi connectivity index (χ2v) is 6.55. The predicted molar refractivity (Wildman–Crippen MR) is 105 cm³/mol. The Bertz CT molecular complexity index is 838. The average molecular weight is 408 g/mol. The Labute approximate surface area is 167 Å². The predicted octanol–water partition coefficient (Wildman–Crippen LogP) is 5.33. The highest BCUT2D eigenvalue weighted by molar-refractivity contribution is 5.96. The first kappa shape index (κ1) is 22.3. The summed E-state index contributed by atoms with van der Waals surface area (Å²) < 4.78 is 40.6. The number of carbonyl (C=O) groups is 2. The fourth-order valence-electron chi connectivity index (χ4n) is 2.76. The van der Waals surface area contributed by atoms with Crippen LogP contribution in [0.25, 0.3) is 0 Å². The first-order valence-electron chi connectivity index (χ1n) is 9.28. The summed E-state index contributed by atoms with van der Waals surface area (Å²) in [6.45, 7) is 0. The van der Waals surface area contributed by atoms with Crippen LogP contribution >= 0.6 is 0 Å². The number of nitrogens with one attached hydrogen (secondary N) is 1. The van der Waals surface area contributed by atoms with E-state index in [0.717, 1.165) is 25.0 Å². The first-order chi connectivity index (χ1) is 13.7. The van der Waals surface area contributed by atoms with Gasteiger partial charge in [-0.2, -0.15) is 0 Å². The molecule has 0 saturated carbocycles. The molecule has 0 fully saturated rings. The summed E-state index contributed by atoms with van der Waals surface area (Å²) in [6.07, 6.45) is -1.45. The summed E-state index contributed by atoms with van der Waals surface area (Å²) in [5, 5.41) is 2.75. The quantitative estimate of drug-likeness (QED) is 0.316. The highest BCUT2D eigenvalue weighted by atomic mass is 19.4. The molecule has 0 radical (unpaired) electrons. The third-order valence-electron chi connectivity index (χ3n) is 4.18. The Morgan fingerprint density at radius 3 is 2.31 bits per heavy atom. The van der Waals surface area contributed by atoms with Crippen molar-refractivity contribution in [2.24, 2.45) is 0 Å². The number of halogens is 3. The molecule has 0 saturated heterocycles. The number of rotatable bonds is 10. The van der Waals surface area contributed by atoms with E-state index in [4.69, 9.17) is 5.73 Å². The molecular weight excluding hydrogens is 385 g/mol. The normalized spacial score (nSPS) is 11.1. The number of carbonyl (C=O) groups excluding carboxylic acids is 2. The number of amides is 1. The number of ether oxygens (including phenoxy) is 1. The molecule has 0 spiro atoms. The maximum atomic E-state index is 12.3. The fourth-order valence-corrected chi connectivity index (χ4v) is 2.76. The second kappa shape index (κ2) is 10.5. The minimum Gasteiger partial charge on any atom is -0.406 e. The van der Waals surface area contributed by atoms with Gasteiger partial charge < -0.3 is 15.8 Å². The number of unbranched alkanes of at least 4 members (excludes halogenated alkanes) is 3. The zero-order chi connectivity index (χ0) is 21.3. The van der Waals surface area contributed by atoms with Crippen LogP contribution in [-0.2, 0) is 4.79 Å². The number of alkyl halides is 3. The van der Waals surface area contributed by atoms with Crippen molar-refractivity contribution in [3.8, 4) is 5.75 Å². The highest BCUT2D eigenvalue weighted by Gasteiger charge is 2.31. The lowest BCUT2D eigenvalue weighted by molar-refractivity contribution is -0.274. The lowest BCUT2D eigenvalue weighted by Crippen LogP contribution is -2.17. The number of benzene rings is 2. The van der Waals surface area contributed by atoms with Gasteiger partial charge in [0.05, 0.1) is 11.4 Å². The Hall–Kier alpha value is -3.03. The largest absolute Gasteiger partial charge is 0.573 e. The van der Waals surface area contributed by atoms with Crippen LogP contribution in [0.4, 0.5) is 24.5 Å². The third-order valence-corrected chi connectivity index (χ3v) is 4.18. The number of anilines is 2. The van der Waals surface area contributed by atoms with Crippen LogP contribution < -0.4 is 15.8 Å². The first-order valence-corrected chi connectivity index (χ1v) is 9.28. The summed E-state index contributed by atoms with van der Waals surface area (Å²) in [4.78, 5) is 24.0. The van der Waals surface area contributed by atoms with Crippen LogP contribution in [0.1, 0.15) is 48.9 Å². The van der Waals surface area contributed by atoms with E-state index in [-0.39, 0.29) is 23.7 Å². The summed E-state index contributed by atoms with van der Waals surface area (Å²) in [6, 6.07) is 12.1. The monoisotopic (exact) mass is 408 g/mol. The molecule has 1 amide bonds. The summed E-state index contributed by atoms with van der Waals surface area (Å²) in [7, 11) is 0. The third kappa shape index (κ3) is 8.25. The molecule has 0 aliphatic rings. The van der Waals surface area contributed by atoms with Crippen molar-refractivity contribution in [3.63, 3.8) is 0 Å². The van der Waals surface area contributed by atoms with E-state index < -0.39 is 12.1 Å². The van der Waals surface area contributed by atoms with Gasteiger partial charge in [0.2, 0.25) is 5.91 Å². The van der Waals surface area contributed by atoms with Crippen molar-refractivity contribution < 1.29 is 27.5 Å². The van der Waals surface area contributed by atoms with Gasteiger partial charge in [-0.1, -0.05) is 37.1 Å². The Morgan fingerprint density at radius 1 is 0.931 bits per heavy atom. The Kier molecular flexibility index (Phi) is 8.06. The SMILES string of the molecule is Nc1ccccc1NC(=O)CCCCCCC(=O)c1cccc(OC(F)(F)F)c1. The molecule has 0 aromatic heterocycles. The molecule has 0 unspecified atom stereocenters. The maximum absolute atomic E-state index is 12.3. The number of para-hydroxylation sites is 2. The van der Waals surface area contributed by atoms with Crippen molar-refractivity contribution in [3.05, 3.63) is 54.1 Å². The van der Waals surface area contributed by atoms with E-state index >= 15 is 0 Å². The molecule has 5 nitrogen and oxygen atoms in total. The minimum atomic E-state index is -4.79. The van der Waals surface area contributed by atoms with Gasteiger partial charge in [0.1, 0.15) is 5.75 Å². The smallest absolute Gasteiger partial charge is 0.406 e. The molecule has 0 aliphatic heterocycles. The van der Waals surface area contributed by atoms with E-state index in [2.05, 4.69) is 10.1 Å². The second-order valence-electron chi connectivity index (χ2n) is 6.55. The zero-order valence-corrected chi connectivity index (χ0v) is 15.8. The summed E-state index contributed by atoms with van der Waals surface area (Å²) in [5.74, 6) is -0.774. The Morgan fingerprint density at radius 2 is 1.62 bits per heavy atom. The molecule has 8 heteroatoms.